The smallest absolute Gasteiger partial charge is 0.394 e. The maximum absolute atomic E-state index is 13.5. The van der Waals surface area contributed by atoms with Gasteiger partial charge in [0.15, 0.2) is 0 Å². The van der Waals surface area contributed by atoms with Crippen LogP contribution in [0.15, 0.2) is 18.2 Å². The molecule has 3 rings (SSSR count). The zero-order valence-corrected chi connectivity index (χ0v) is 16.0. The summed E-state index contributed by atoms with van der Waals surface area (Å²) in [6, 6.07) is 2.76. The van der Waals surface area contributed by atoms with E-state index in [1.165, 1.54) is 13.0 Å². The fraction of sp³-hybridized carbons (Fsp3) is 0.684. The summed E-state index contributed by atoms with van der Waals surface area (Å²) in [7, 11) is 0. The van der Waals surface area contributed by atoms with Crippen LogP contribution in [-0.2, 0) is 15.7 Å². The average molecular weight is 438 g/mol. The second-order valence-corrected chi connectivity index (χ2v) is 7.77. The third-order valence-electron chi connectivity index (χ3n) is 5.59. The van der Waals surface area contributed by atoms with Crippen molar-refractivity contribution in [2.45, 2.75) is 74.5 Å². The lowest BCUT2D eigenvalue weighted by Crippen LogP contribution is -2.55. The van der Waals surface area contributed by atoms with Crippen molar-refractivity contribution in [3.05, 3.63) is 34.9 Å². The molecule has 0 bridgehead atoms. The van der Waals surface area contributed by atoms with Crippen molar-refractivity contribution in [1.29, 1.82) is 0 Å². The van der Waals surface area contributed by atoms with E-state index >= 15 is 0 Å². The number of aliphatic hydroxyl groups is 6. The van der Waals surface area contributed by atoms with Crippen LogP contribution in [0.4, 0.5) is 13.2 Å². The normalized spacial score (nSPS) is 40.4. The molecule has 0 spiro atoms. The zero-order valence-electron chi connectivity index (χ0n) is 16.0. The second kappa shape index (κ2) is 8.67. The van der Waals surface area contributed by atoms with Crippen molar-refractivity contribution in [3.8, 4) is 0 Å². The molecule has 0 saturated carbocycles. The van der Waals surface area contributed by atoms with E-state index in [1.54, 1.807) is 0 Å². The maximum Gasteiger partial charge on any atom is 0.416 e. The summed E-state index contributed by atoms with van der Waals surface area (Å²) >= 11 is 0. The van der Waals surface area contributed by atoms with E-state index in [4.69, 9.17) is 9.47 Å². The van der Waals surface area contributed by atoms with Crippen molar-refractivity contribution in [2.75, 3.05) is 6.61 Å². The third-order valence-corrected chi connectivity index (χ3v) is 5.59. The van der Waals surface area contributed by atoms with Crippen LogP contribution in [0.1, 0.15) is 42.2 Å². The number of hydrogen-bond acceptors (Lipinski definition) is 8. The van der Waals surface area contributed by atoms with Gasteiger partial charge in [-0.25, -0.2) is 0 Å². The third kappa shape index (κ3) is 4.48. The number of hydrogen-bond donors (Lipinski definition) is 6. The number of ether oxygens (including phenoxy) is 2. The van der Waals surface area contributed by atoms with Crippen molar-refractivity contribution < 1.29 is 53.3 Å². The predicted molar refractivity (Wildman–Crippen MR) is 94.1 cm³/mol. The molecule has 9 atom stereocenters. The monoisotopic (exact) mass is 438 g/mol. The van der Waals surface area contributed by atoms with Gasteiger partial charge in [0.2, 0.25) is 0 Å². The second-order valence-electron chi connectivity index (χ2n) is 7.77. The zero-order chi connectivity index (χ0) is 22.4. The highest BCUT2D eigenvalue weighted by Gasteiger charge is 2.45. The van der Waals surface area contributed by atoms with Gasteiger partial charge >= 0.3 is 6.18 Å². The van der Waals surface area contributed by atoms with Gasteiger partial charge in [0.1, 0.15) is 36.6 Å². The summed E-state index contributed by atoms with van der Waals surface area (Å²) < 4.78 is 51.4. The molecule has 2 saturated heterocycles. The molecule has 8 nitrogen and oxygen atoms in total. The summed E-state index contributed by atoms with van der Waals surface area (Å²) in [6.07, 6.45) is -17.0. The van der Waals surface area contributed by atoms with Gasteiger partial charge in [-0.2, -0.15) is 13.2 Å². The van der Waals surface area contributed by atoms with E-state index in [0.29, 0.717) is 0 Å². The van der Waals surface area contributed by atoms with Crippen molar-refractivity contribution in [3.63, 3.8) is 0 Å². The number of alkyl halides is 3. The summed E-state index contributed by atoms with van der Waals surface area (Å²) in [5, 5.41) is 59.6. The molecule has 0 amide bonds. The van der Waals surface area contributed by atoms with Crippen LogP contribution in [0.25, 0.3) is 0 Å². The Morgan fingerprint density at radius 2 is 1.47 bits per heavy atom. The van der Waals surface area contributed by atoms with Crippen LogP contribution in [0.5, 0.6) is 0 Å². The van der Waals surface area contributed by atoms with E-state index < -0.39 is 73.3 Å². The minimum Gasteiger partial charge on any atom is -0.394 e. The molecule has 2 heterocycles. The first-order valence-electron chi connectivity index (χ1n) is 9.48. The lowest BCUT2D eigenvalue weighted by atomic mass is 9.87. The molecule has 0 aromatic heterocycles. The standard InChI is InChI=1S/C19H25F3O8/c1-7-11(24)5-12(25)17(29-7)8-2-9(4-10(3-8)19(20,21)22)18-16(28)15(27)14(26)13(6-23)30-18/h2-4,7,11-18,23-28H,5-6H2,1H3/t7-,11?,12+,13?,14-,15?,16?,17?,18-/m1/s1. The van der Waals surface area contributed by atoms with Crippen LogP contribution >= 0.6 is 0 Å². The van der Waals surface area contributed by atoms with Crippen molar-refractivity contribution >= 4 is 0 Å². The molecule has 1 aromatic rings. The quantitative estimate of drug-likeness (QED) is 0.381. The van der Waals surface area contributed by atoms with Gasteiger partial charge in [0.05, 0.1) is 30.5 Å². The molecule has 30 heavy (non-hydrogen) atoms. The minimum atomic E-state index is -4.77. The maximum atomic E-state index is 13.5. The van der Waals surface area contributed by atoms with Gasteiger partial charge in [0, 0.05) is 6.42 Å². The minimum absolute atomic E-state index is 0.0527. The topological polar surface area (TPSA) is 140 Å². The molecule has 1 aromatic carbocycles. The Morgan fingerprint density at radius 3 is 2.03 bits per heavy atom. The number of halogens is 3. The summed E-state index contributed by atoms with van der Waals surface area (Å²) in [5.41, 5.74) is -1.32. The summed E-state index contributed by atoms with van der Waals surface area (Å²) in [4.78, 5) is 0. The predicted octanol–water partition coefficient (Wildman–Crippen LogP) is -0.208. The van der Waals surface area contributed by atoms with E-state index in [1.807, 2.05) is 0 Å². The Bertz CT molecular complexity index is 743. The van der Waals surface area contributed by atoms with Gasteiger partial charge in [-0.3, -0.25) is 0 Å². The Morgan fingerprint density at radius 1 is 0.867 bits per heavy atom. The van der Waals surface area contributed by atoms with E-state index in [0.717, 1.165) is 12.1 Å². The van der Waals surface area contributed by atoms with Gasteiger partial charge in [0.25, 0.3) is 0 Å². The number of rotatable bonds is 3. The molecule has 2 aliphatic rings. The van der Waals surface area contributed by atoms with Crippen molar-refractivity contribution in [2.24, 2.45) is 0 Å². The van der Waals surface area contributed by atoms with E-state index in [9.17, 15) is 43.8 Å². The molecule has 6 N–H and O–H groups in total. The lowest BCUT2D eigenvalue weighted by molar-refractivity contribution is -0.231. The molecular weight excluding hydrogens is 413 g/mol. The highest BCUT2D eigenvalue weighted by atomic mass is 19.4. The molecule has 0 aliphatic carbocycles. The number of benzene rings is 1. The first kappa shape index (κ1) is 23.4. The Labute approximate surface area is 170 Å². The average Bonchev–Trinajstić information content (AvgIpc) is 2.68. The van der Waals surface area contributed by atoms with Crippen molar-refractivity contribution in [1.82, 2.24) is 0 Å². The highest BCUT2D eigenvalue weighted by Crippen LogP contribution is 2.40. The van der Waals surface area contributed by atoms with Crippen LogP contribution in [0.3, 0.4) is 0 Å². The molecule has 2 fully saturated rings. The van der Waals surface area contributed by atoms with Gasteiger partial charge in [-0.1, -0.05) is 6.07 Å². The Kier molecular flexibility index (Phi) is 6.75. The molecule has 170 valence electrons. The van der Waals surface area contributed by atoms with Gasteiger partial charge in [-0.05, 0) is 30.2 Å². The fourth-order valence-corrected chi connectivity index (χ4v) is 3.82. The van der Waals surface area contributed by atoms with E-state index in [-0.39, 0.29) is 17.5 Å². The van der Waals surface area contributed by atoms with E-state index in [2.05, 4.69) is 0 Å². The van der Waals surface area contributed by atoms with Crippen LogP contribution in [-0.4, -0.2) is 80.0 Å². The molecular formula is C19H25F3O8. The van der Waals surface area contributed by atoms with Gasteiger partial charge in [-0.15, -0.1) is 0 Å². The Hall–Kier alpha value is -1.31. The van der Waals surface area contributed by atoms with Crippen LogP contribution in [0.2, 0.25) is 0 Å². The van der Waals surface area contributed by atoms with Crippen LogP contribution < -0.4 is 0 Å². The lowest BCUT2D eigenvalue weighted by Gasteiger charge is -2.41. The highest BCUT2D eigenvalue weighted by molar-refractivity contribution is 5.36. The Balaban J connectivity index is 2.03. The van der Waals surface area contributed by atoms with Gasteiger partial charge < -0.3 is 40.1 Å². The summed E-state index contributed by atoms with van der Waals surface area (Å²) in [5.74, 6) is 0. The fourth-order valence-electron chi connectivity index (χ4n) is 3.82. The SMILES string of the molecule is C[C@H]1OC(c2cc([C@H]3OC(CO)[C@@H](O)C(O)C3O)cc(C(F)(F)F)c2)[C@@H](O)CC1O. The first-order valence-corrected chi connectivity index (χ1v) is 9.48. The number of aliphatic hydroxyl groups excluding tert-OH is 6. The molecule has 5 unspecified atom stereocenters. The molecule has 11 heteroatoms. The summed E-state index contributed by atoms with van der Waals surface area (Å²) in [6.45, 7) is 0.794. The molecule has 2 aliphatic heterocycles. The molecule has 0 radical (unpaired) electrons. The first-order chi connectivity index (χ1) is 13.9. The van der Waals surface area contributed by atoms with Crippen LogP contribution in [0, 0.1) is 0 Å². The largest absolute Gasteiger partial charge is 0.416 e.